The predicted octanol–water partition coefficient (Wildman–Crippen LogP) is 3.05. The van der Waals surface area contributed by atoms with Crippen LogP contribution in [0.1, 0.15) is 37.6 Å². The van der Waals surface area contributed by atoms with Crippen LogP contribution in [0.5, 0.6) is 0 Å². The predicted molar refractivity (Wildman–Crippen MR) is 93.3 cm³/mol. The van der Waals surface area contributed by atoms with E-state index in [-0.39, 0.29) is 5.78 Å². The number of carbonyl (C=O) groups excluding carboxylic acids is 2. The van der Waals surface area contributed by atoms with Crippen LogP contribution < -0.4 is 0 Å². The molecule has 1 aliphatic carbocycles. The van der Waals surface area contributed by atoms with Gasteiger partial charge in [0.05, 0.1) is 22.9 Å². The van der Waals surface area contributed by atoms with E-state index in [9.17, 15) is 9.59 Å². The zero-order chi connectivity index (χ0) is 18.2. The maximum atomic E-state index is 12.7. The van der Waals surface area contributed by atoms with Crippen molar-refractivity contribution in [3.63, 3.8) is 0 Å². The van der Waals surface area contributed by atoms with Crippen LogP contribution in [0, 0.1) is 5.41 Å². The molecule has 25 heavy (non-hydrogen) atoms. The lowest BCUT2D eigenvalue weighted by atomic mass is 9.80. The van der Waals surface area contributed by atoms with Crippen LogP contribution in [0.2, 0.25) is 0 Å². The Labute approximate surface area is 146 Å². The fourth-order valence-corrected chi connectivity index (χ4v) is 3.19. The first kappa shape index (κ1) is 17.4. The highest BCUT2D eigenvalue weighted by Gasteiger charge is 2.42. The molecule has 0 amide bonds. The van der Waals surface area contributed by atoms with Gasteiger partial charge in [-0.1, -0.05) is 13.8 Å². The molecule has 6 nitrogen and oxygen atoms in total. The van der Waals surface area contributed by atoms with E-state index in [2.05, 4.69) is 9.97 Å². The molecule has 0 bridgehead atoms. The number of fused-ring (bicyclic) bond motifs is 1. The van der Waals surface area contributed by atoms with Crippen LogP contribution in [0.25, 0.3) is 11.0 Å². The number of benzene rings is 1. The number of methoxy groups -OCH3 is 1. The minimum Gasteiger partial charge on any atom is -0.455 e. The van der Waals surface area contributed by atoms with E-state index in [1.54, 1.807) is 44.6 Å². The molecular formula is C19H22N2O4. The van der Waals surface area contributed by atoms with Crippen molar-refractivity contribution in [2.45, 2.75) is 39.4 Å². The zero-order valence-corrected chi connectivity index (χ0v) is 14.8. The van der Waals surface area contributed by atoms with Gasteiger partial charge in [-0.15, -0.1) is 0 Å². The molecule has 3 rings (SSSR count). The van der Waals surface area contributed by atoms with Gasteiger partial charge in [0, 0.05) is 18.9 Å². The van der Waals surface area contributed by atoms with Gasteiger partial charge in [-0.2, -0.15) is 0 Å². The van der Waals surface area contributed by atoms with Crippen LogP contribution in [-0.2, 0) is 14.3 Å². The van der Waals surface area contributed by atoms with E-state index in [1.807, 2.05) is 13.8 Å². The molecule has 0 fully saturated rings. The maximum absolute atomic E-state index is 12.7. The number of hydrogen-bond acceptors (Lipinski definition) is 5. The van der Waals surface area contributed by atoms with E-state index in [1.165, 1.54) is 0 Å². The number of Topliss-reactive ketones (excluding diaryl/α,β-unsaturated/α-hetero) is 1. The smallest absolute Gasteiger partial charge is 0.338 e. The van der Waals surface area contributed by atoms with Crippen molar-refractivity contribution < 1.29 is 19.1 Å². The third-order valence-corrected chi connectivity index (χ3v) is 4.70. The molecule has 0 radical (unpaired) electrons. The summed E-state index contributed by atoms with van der Waals surface area (Å²) < 4.78 is 11.3. The monoisotopic (exact) mass is 342 g/mol. The number of hydrogen-bond donors (Lipinski definition) is 1. The third kappa shape index (κ3) is 3.35. The van der Waals surface area contributed by atoms with Crippen molar-refractivity contribution in [3.05, 3.63) is 41.7 Å². The van der Waals surface area contributed by atoms with E-state index in [0.717, 1.165) is 5.52 Å². The standard InChI is InChI=1S/C19H22N2O4/c1-11-7-16(24-4)17(19(2,3)9-15(11)22)25-18(23)12-5-6-13-14(8-12)21-10-20-13/h5-8,10,16-17H,9H2,1-4H3,(H,20,21). The Hall–Kier alpha value is -2.47. The molecule has 1 aliphatic rings. The molecule has 0 aliphatic heterocycles. The van der Waals surface area contributed by atoms with Gasteiger partial charge in [0.2, 0.25) is 0 Å². The number of ketones is 1. The Balaban J connectivity index is 1.89. The summed E-state index contributed by atoms with van der Waals surface area (Å²) in [4.78, 5) is 32.1. The van der Waals surface area contributed by atoms with Crippen molar-refractivity contribution in [2.75, 3.05) is 7.11 Å². The Morgan fingerprint density at radius 2 is 2.12 bits per heavy atom. The second kappa shape index (κ2) is 6.44. The number of allylic oxidation sites excluding steroid dienone is 1. The summed E-state index contributed by atoms with van der Waals surface area (Å²) in [6.45, 7) is 5.59. The summed E-state index contributed by atoms with van der Waals surface area (Å²) >= 11 is 0. The highest BCUT2D eigenvalue weighted by molar-refractivity contribution is 5.96. The molecule has 1 heterocycles. The molecule has 132 valence electrons. The van der Waals surface area contributed by atoms with Crippen molar-refractivity contribution in [1.82, 2.24) is 9.97 Å². The fraction of sp³-hybridized carbons (Fsp3) is 0.421. The Bertz CT molecular complexity index is 850. The van der Waals surface area contributed by atoms with E-state index in [0.29, 0.717) is 23.1 Å². The number of nitrogens with one attached hydrogen (secondary N) is 1. The Kier molecular flexibility index (Phi) is 4.47. The molecule has 1 aromatic carbocycles. The zero-order valence-electron chi connectivity index (χ0n) is 14.8. The first-order valence-corrected chi connectivity index (χ1v) is 8.20. The summed E-state index contributed by atoms with van der Waals surface area (Å²) in [6.07, 6.45) is 2.58. The number of H-pyrrole nitrogens is 1. The topological polar surface area (TPSA) is 81.3 Å². The third-order valence-electron chi connectivity index (χ3n) is 4.70. The number of aromatic nitrogens is 2. The fourth-order valence-electron chi connectivity index (χ4n) is 3.19. The number of ether oxygens (including phenoxy) is 2. The van der Waals surface area contributed by atoms with Crippen molar-refractivity contribution >= 4 is 22.8 Å². The SMILES string of the molecule is COC1C=C(C)C(=O)CC(C)(C)C1OC(=O)c1ccc2[nH]cnc2c1. The normalized spacial score (nSPS) is 23.2. The molecule has 2 unspecified atom stereocenters. The van der Waals surface area contributed by atoms with Gasteiger partial charge in [0.15, 0.2) is 5.78 Å². The molecule has 2 atom stereocenters. The largest absolute Gasteiger partial charge is 0.455 e. The molecule has 0 saturated carbocycles. The lowest BCUT2D eigenvalue weighted by molar-refractivity contribution is -0.120. The summed E-state index contributed by atoms with van der Waals surface area (Å²) in [6, 6.07) is 5.17. The Morgan fingerprint density at radius 3 is 2.84 bits per heavy atom. The number of imidazole rings is 1. The minimum atomic E-state index is -0.568. The van der Waals surface area contributed by atoms with Gasteiger partial charge in [0.25, 0.3) is 0 Å². The second-order valence-electron chi connectivity index (χ2n) is 7.10. The van der Waals surface area contributed by atoms with Gasteiger partial charge in [-0.3, -0.25) is 4.79 Å². The second-order valence-corrected chi connectivity index (χ2v) is 7.10. The van der Waals surface area contributed by atoms with Gasteiger partial charge >= 0.3 is 5.97 Å². The average Bonchev–Trinajstić information content (AvgIpc) is 3.01. The summed E-state index contributed by atoms with van der Waals surface area (Å²) in [5.41, 5.74) is 2.06. The van der Waals surface area contributed by atoms with Gasteiger partial charge in [-0.25, -0.2) is 9.78 Å². The van der Waals surface area contributed by atoms with Crippen LogP contribution >= 0.6 is 0 Å². The molecule has 1 N–H and O–H groups in total. The molecular weight excluding hydrogens is 320 g/mol. The summed E-state index contributed by atoms with van der Waals surface area (Å²) in [7, 11) is 1.55. The number of rotatable bonds is 3. The number of esters is 1. The molecule has 0 spiro atoms. The van der Waals surface area contributed by atoms with E-state index < -0.39 is 23.6 Å². The Morgan fingerprint density at radius 1 is 1.36 bits per heavy atom. The number of nitrogens with zero attached hydrogens (tertiary/aromatic N) is 1. The first-order chi connectivity index (χ1) is 11.8. The molecule has 6 heteroatoms. The van der Waals surface area contributed by atoms with Gasteiger partial charge < -0.3 is 14.5 Å². The summed E-state index contributed by atoms with van der Waals surface area (Å²) in [5, 5.41) is 0. The molecule has 2 aromatic rings. The van der Waals surface area contributed by atoms with E-state index in [4.69, 9.17) is 9.47 Å². The summed E-state index contributed by atoms with van der Waals surface area (Å²) in [5.74, 6) is -0.408. The van der Waals surface area contributed by atoms with Gasteiger partial charge in [-0.05, 0) is 36.8 Å². The van der Waals surface area contributed by atoms with Gasteiger partial charge in [0.1, 0.15) is 12.2 Å². The number of carbonyl (C=O) groups is 2. The highest BCUT2D eigenvalue weighted by atomic mass is 16.6. The first-order valence-electron chi connectivity index (χ1n) is 8.20. The minimum absolute atomic E-state index is 0.0449. The maximum Gasteiger partial charge on any atom is 0.338 e. The average molecular weight is 342 g/mol. The van der Waals surface area contributed by atoms with Crippen LogP contribution in [-0.4, -0.2) is 41.0 Å². The van der Waals surface area contributed by atoms with Crippen molar-refractivity contribution in [1.29, 1.82) is 0 Å². The van der Waals surface area contributed by atoms with Crippen LogP contribution in [0.3, 0.4) is 0 Å². The van der Waals surface area contributed by atoms with Crippen LogP contribution in [0.4, 0.5) is 0 Å². The lowest BCUT2D eigenvalue weighted by Gasteiger charge is -2.35. The van der Waals surface area contributed by atoms with Crippen LogP contribution in [0.15, 0.2) is 36.2 Å². The van der Waals surface area contributed by atoms with Crippen molar-refractivity contribution in [2.24, 2.45) is 5.41 Å². The number of aromatic amines is 1. The van der Waals surface area contributed by atoms with Crippen molar-refractivity contribution in [3.8, 4) is 0 Å². The highest BCUT2D eigenvalue weighted by Crippen LogP contribution is 2.36. The molecule has 0 saturated heterocycles. The molecule has 1 aromatic heterocycles. The quantitative estimate of drug-likeness (QED) is 0.867. The lowest BCUT2D eigenvalue weighted by Crippen LogP contribution is -2.43. The van der Waals surface area contributed by atoms with E-state index >= 15 is 0 Å².